The van der Waals surface area contributed by atoms with Gasteiger partial charge in [0.2, 0.25) is 5.69 Å². The predicted octanol–water partition coefficient (Wildman–Crippen LogP) is 18.0. The fraction of sp³-hybridized carbons (Fsp3) is 0.0303. The van der Waals surface area contributed by atoms with Crippen LogP contribution >= 0.6 is 0 Å². The fourth-order valence-electron chi connectivity index (χ4n) is 9.81. The predicted molar refractivity (Wildman–Crippen MR) is 301 cm³/mol. The van der Waals surface area contributed by atoms with Gasteiger partial charge in [-0.1, -0.05) is 164 Å². The van der Waals surface area contributed by atoms with E-state index in [0.29, 0.717) is 11.3 Å². The minimum absolute atomic E-state index is 0.532. The van der Waals surface area contributed by atoms with Gasteiger partial charge in [-0.3, -0.25) is 0 Å². The molecule has 0 spiro atoms. The largest absolute Gasteiger partial charge is 0.496 e. The molecule has 0 unspecified atom stereocenters. The Morgan fingerprint density at radius 2 is 0.778 bits per heavy atom. The third-order valence-electron chi connectivity index (χ3n) is 13.3. The highest BCUT2D eigenvalue weighted by molar-refractivity contribution is 6.16. The second-order valence-corrected chi connectivity index (χ2v) is 17.4. The van der Waals surface area contributed by atoms with Crippen LogP contribution in [0.4, 0.5) is 39.8 Å². The van der Waals surface area contributed by atoms with Crippen LogP contribution in [0.2, 0.25) is 0 Å². The molecule has 0 aromatic heterocycles. The molecule has 0 radical (unpaired) electrons. The SMILES string of the molecule is [C-]#[N+]c1c2ccc(C=Cc3ccc(N(c4ccccc4)c4ccc(OC)c5ccccc45)cc3)cc2c(C#N)c2ccc(C=Cc3ccc(N(c4ccccc4)c4ccc(OC)c5ccccc45)cc3)cc12. The molecular weight excluding hydrogens is 881 g/mol. The number of nitrogens with zero attached hydrogens (tertiary/aromatic N) is 4. The number of nitriles is 1. The van der Waals surface area contributed by atoms with Gasteiger partial charge in [-0.2, -0.15) is 5.26 Å². The van der Waals surface area contributed by atoms with Gasteiger partial charge in [-0.05, 0) is 123 Å². The average molecular weight is 927 g/mol. The van der Waals surface area contributed by atoms with Crippen LogP contribution in [0.1, 0.15) is 27.8 Å². The Balaban J connectivity index is 0.865. The summed E-state index contributed by atoms with van der Waals surface area (Å²) in [6.07, 6.45) is 8.28. The highest BCUT2D eigenvalue weighted by Gasteiger charge is 2.19. The van der Waals surface area contributed by atoms with Crippen molar-refractivity contribution in [3.8, 4) is 17.6 Å². The van der Waals surface area contributed by atoms with Crippen LogP contribution in [0.25, 0.3) is 72.2 Å². The number of fused-ring (bicyclic) bond motifs is 4. The number of anilines is 6. The van der Waals surface area contributed by atoms with Crippen LogP contribution in [-0.2, 0) is 0 Å². The zero-order valence-corrected chi connectivity index (χ0v) is 39.7. The Morgan fingerprint density at radius 3 is 1.22 bits per heavy atom. The average Bonchev–Trinajstić information content (AvgIpc) is 3.44. The first-order chi connectivity index (χ1) is 35.5. The first-order valence-corrected chi connectivity index (χ1v) is 23.7. The van der Waals surface area contributed by atoms with Crippen molar-refractivity contribution in [1.29, 1.82) is 5.26 Å². The topological polar surface area (TPSA) is 53.1 Å². The van der Waals surface area contributed by atoms with E-state index in [9.17, 15) is 5.26 Å². The lowest BCUT2D eigenvalue weighted by Crippen LogP contribution is -2.10. The van der Waals surface area contributed by atoms with Gasteiger partial charge < -0.3 is 19.3 Å². The Bertz CT molecular complexity index is 3700. The van der Waals surface area contributed by atoms with Crippen molar-refractivity contribution >= 4 is 107 Å². The van der Waals surface area contributed by atoms with Gasteiger partial charge in [0, 0.05) is 44.3 Å². The standard InChI is InChI=1S/C66H46N4O2/c1-68-66-58-37-31-47(24-22-45-26-32-51(33-27-45)69(49-14-6-4-7-15-49)62-38-40-64(71-2)56-20-12-10-18-54(56)62)42-59(58)61(44-67)53-36-30-48(43-60(53)66)25-23-46-28-34-52(35-29-46)70(50-16-8-5-9-17-50)63-39-41-65(72-3)57-21-13-11-19-55(57)63/h4-43H,2-3H3. The van der Waals surface area contributed by atoms with Crippen molar-refractivity contribution in [3.05, 3.63) is 258 Å². The van der Waals surface area contributed by atoms with Gasteiger partial charge in [0.25, 0.3) is 0 Å². The summed E-state index contributed by atoms with van der Waals surface area (Å²) in [7, 11) is 3.41. The van der Waals surface area contributed by atoms with Crippen LogP contribution in [0.3, 0.4) is 0 Å². The van der Waals surface area contributed by atoms with Crippen LogP contribution in [0, 0.1) is 17.9 Å². The minimum atomic E-state index is 0.532. The molecule has 11 aromatic carbocycles. The summed E-state index contributed by atoms with van der Waals surface area (Å²) in [6.45, 7) is 8.34. The Labute approximate surface area is 419 Å². The lowest BCUT2D eigenvalue weighted by Gasteiger charge is -2.27. The van der Waals surface area contributed by atoms with E-state index >= 15 is 0 Å². The maximum atomic E-state index is 10.6. The maximum Gasteiger partial charge on any atom is 0.202 e. The Morgan fingerprint density at radius 1 is 0.389 bits per heavy atom. The lowest BCUT2D eigenvalue weighted by atomic mass is 9.93. The number of hydrogen-bond donors (Lipinski definition) is 0. The van der Waals surface area contributed by atoms with Gasteiger partial charge in [0.15, 0.2) is 0 Å². The number of benzene rings is 11. The molecule has 0 heterocycles. The summed E-state index contributed by atoms with van der Waals surface area (Å²) in [5.74, 6) is 1.67. The van der Waals surface area contributed by atoms with Gasteiger partial charge in [0.05, 0.1) is 37.7 Å². The summed E-state index contributed by atoms with van der Waals surface area (Å²) in [6, 6.07) is 77.2. The molecule has 6 nitrogen and oxygen atoms in total. The third kappa shape index (κ3) is 8.40. The first kappa shape index (κ1) is 44.6. The molecule has 0 aliphatic rings. The molecular formula is C66H46N4O2. The zero-order chi connectivity index (χ0) is 49.0. The molecule has 11 rings (SSSR count). The molecule has 6 heteroatoms. The normalized spacial score (nSPS) is 11.3. The van der Waals surface area contributed by atoms with E-state index in [-0.39, 0.29) is 0 Å². The van der Waals surface area contributed by atoms with Crippen LogP contribution in [0.5, 0.6) is 11.5 Å². The van der Waals surface area contributed by atoms with Gasteiger partial charge in [0.1, 0.15) is 17.6 Å². The Hall–Kier alpha value is -9.88. The van der Waals surface area contributed by atoms with Gasteiger partial charge in [-0.25, -0.2) is 4.85 Å². The summed E-state index contributed by atoms with van der Waals surface area (Å²) in [5.41, 5.74) is 11.3. The van der Waals surface area contributed by atoms with E-state index in [1.807, 2.05) is 72.8 Å². The lowest BCUT2D eigenvalue weighted by molar-refractivity contribution is 0.420. The number of ether oxygens (including phenoxy) is 2. The second kappa shape index (κ2) is 19.6. The highest BCUT2D eigenvalue weighted by atomic mass is 16.5. The van der Waals surface area contributed by atoms with Crippen molar-refractivity contribution in [2.45, 2.75) is 0 Å². The summed E-state index contributed by atoms with van der Waals surface area (Å²) >= 11 is 0. The van der Waals surface area contributed by atoms with Crippen LogP contribution < -0.4 is 19.3 Å². The van der Waals surface area contributed by atoms with Crippen molar-refractivity contribution in [1.82, 2.24) is 0 Å². The molecule has 342 valence electrons. The monoisotopic (exact) mass is 926 g/mol. The fourth-order valence-corrected chi connectivity index (χ4v) is 9.81. The molecule has 0 fully saturated rings. The minimum Gasteiger partial charge on any atom is -0.496 e. The van der Waals surface area contributed by atoms with E-state index < -0.39 is 0 Å². The molecule has 0 saturated carbocycles. The van der Waals surface area contributed by atoms with E-state index in [2.05, 4.69) is 191 Å². The van der Waals surface area contributed by atoms with Crippen LogP contribution in [0.15, 0.2) is 218 Å². The molecule has 0 N–H and O–H groups in total. The quantitative estimate of drug-likeness (QED) is 0.0694. The number of para-hydroxylation sites is 2. The second-order valence-electron chi connectivity index (χ2n) is 17.4. The van der Waals surface area contributed by atoms with Gasteiger partial charge in [-0.15, -0.1) is 0 Å². The smallest absolute Gasteiger partial charge is 0.202 e. The highest BCUT2D eigenvalue weighted by Crippen LogP contribution is 2.44. The molecule has 0 saturated heterocycles. The van der Waals surface area contributed by atoms with Crippen molar-refractivity contribution in [2.75, 3.05) is 24.0 Å². The molecule has 0 aliphatic heterocycles. The number of hydrogen-bond acceptors (Lipinski definition) is 5. The molecule has 11 aromatic rings. The number of methoxy groups -OCH3 is 2. The molecule has 0 aliphatic carbocycles. The molecule has 0 bridgehead atoms. The van der Waals surface area contributed by atoms with Crippen molar-refractivity contribution < 1.29 is 9.47 Å². The molecule has 0 amide bonds. The van der Waals surface area contributed by atoms with E-state index in [1.165, 1.54) is 0 Å². The van der Waals surface area contributed by atoms with Crippen molar-refractivity contribution in [3.63, 3.8) is 0 Å². The maximum absolute atomic E-state index is 10.6. The van der Waals surface area contributed by atoms with Crippen LogP contribution in [-0.4, -0.2) is 14.2 Å². The number of rotatable bonds is 12. The first-order valence-electron chi connectivity index (χ1n) is 23.7. The van der Waals surface area contributed by atoms with Crippen molar-refractivity contribution in [2.24, 2.45) is 0 Å². The third-order valence-corrected chi connectivity index (χ3v) is 13.3. The van der Waals surface area contributed by atoms with Gasteiger partial charge >= 0.3 is 0 Å². The molecule has 0 atom stereocenters. The molecule has 72 heavy (non-hydrogen) atoms. The summed E-state index contributed by atoms with van der Waals surface area (Å²) in [4.78, 5) is 8.60. The summed E-state index contributed by atoms with van der Waals surface area (Å²) < 4.78 is 11.4. The van der Waals surface area contributed by atoms with E-state index in [0.717, 1.165) is 111 Å². The summed E-state index contributed by atoms with van der Waals surface area (Å²) in [5, 5.41) is 18.0. The van der Waals surface area contributed by atoms with E-state index in [1.54, 1.807) is 14.2 Å². The zero-order valence-electron chi connectivity index (χ0n) is 39.7. The Kier molecular flexibility index (Phi) is 12.2. The van der Waals surface area contributed by atoms with E-state index in [4.69, 9.17) is 16.0 Å².